The zero-order chi connectivity index (χ0) is 16.5. The molecule has 4 aromatic rings. The SMILES string of the molecule is COc1ccnc(-c2sccc2S(=O)c2nc3ccccc3[nH]2)c1. The molecular weight excluding hydrogens is 342 g/mol. The summed E-state index contributed by atoms with van der Waals surface area (Å²) in [6, 6.07) is 13.1. The van der Waals surface area contributed by atoms with E-state index in [0.717, 1.165) is 21.6 Å². The summed E-state index contributed by atoms with van der Waals surface area (Å²) in [7, 11) is 0.206. The van der Waals surface area contributed by atoms with Gasteiger partial charge in [-0.05, 0) is 29.6 Å². The normalized spacial score (nSPS) is 12.4. The molecule has 7 heteroatoms. The zero-order valence-electron chi connectivity index (χ0n) is 12.7. The van der Waals surface area contributed by atoms with Crippen molar-refractivity contribution in [2.24, 2.45) is 0 Å². The quantitative estimate of drug-likeness (QED) is 0.603. The first kappa shape index (κ1) is 15.0. The number of pyridine rings is 1. The van der Waals surface area contributed by atoms with Crippen molar-refractivity contribution < 1.29 is 8.95 Å². The molecule has 0 fully saturated rings. The lowest BCUT2D eigenvalue weighted by atomic mass is 10.3. The maximum Gasteiger partial charge on any atom is 0.202 e. The van der Waals surface area contributed by atoms with Crippen LogP contribution in [0.25, 0.3) is 21.6 Å². The lowest BCUT2D eigenvalue weighted by Crippen LogP contribution is -1.96. The molecule has 1 N–H and O–H groups in total. The average molecular weight is 355 g/mol. The molecule has 1 atom stereocenters. The molecule has 1 aromatic carbocycles. The van der Waals surface area contributed by atoms with Crippen molar-refractivity contribution >= 4 is 33.2 Å². The molecule has 1 unspecified atom stereocenters. The van der Waals surface area contributed by atoms with E-state index in [2.05, 4.69) is 15.0 Å². The van der Waals surface area contributed by atoms with Gasteiger partial charge in [0.15, 0.2) is 0 Å². The fraction of sp³-hybridized carbons (Fsp3) is 0.0588. The zero-order valence-corrected chi connectivity index (χ0v) is 14.4. The van der Waals surface area contributed by atoms with Crippen LogP contribution >= 0.6 is 11.3 Å². The van der Waals surface area contributed by atoms with Gasteiger partial charge in [-0.15, -0.1) is 11.3 Å². The van der Waals surface area contributed by atoms with Crippen molar-refractivity contribution in [1.82, 2.24) is 15.0 Å². The number of hydrogen-bond acceptors (Lipinski definition) is 5. The molecule has 0 aliphatic carbocycles. The Balaban J connectivity index is 1.77. The molecule has 0 aliphatic rings. The van der Waals surface area contributed by atoms with Gasteiger partial charge in [-0.1, -0.05) is 12.1 Å². The molecule has 5 nitrogen and oxygen atoms in total. The highest BCUT2D eigenvalue weighted by Crippen LogP contribution is 2.33. The van der Waals surface area contributed by atoms with Crippen LogP contribution in [0.5, 0.6) is 5.75 Å². The number of H-pyrrole nitrogens is 1. The van der Waals surface area contributed by atoms with Gasteiger partial charge in [0.25, 0.3) is 0 Å². The van der Waals surface area contributed by atoms with Gasteiger partial charge < -0.3 is 9.72 Å². The monoisotopic (exact) mass is 355 g/mol. The van der Waals surface area contributed by atoms with E-state index in [1.165, 1.54) is 11.3 Å². The molecule has 3 aromatic heterocycles. The predicted molar refractivity (Wildman–Crippen MR) is 94.9 cm³/mol. The third-order valence-corrected chi connectivity index (χ3v) is 5.92. The van der Waals surface area contributed by atoms with Crippen molar-refractivity contribution in [2.45, 2.75) is 10.1 Å². The summed E-state index contributed by atoms with van der Waals surface area (Å²) in [4.78, 5) is 13.5. The van der Waals surface area contributed by atoms with Gasteiger partial charge in [0.1, 0.15) is 16.5 Å². The Bertz CT molecular complexity index is 1010. The molecule has 0 bridgehead atoms. The summed E-state index contributed by atoms with van der Waals surface area (Å²) in [6.45, 7) is 0. The molecule has 4 rings (SSSR count). The maximum atomic E-state index is 13.0. The molecule has 120 valence electrons. The minimum absolute atomic E-state index is 0.443. The number of methoxy groups -OCH3 is 1. The number of para-hydroxylation sites is 2. The Morgan fingerprint density at radius 2 is 2.08 bits per heavy atom. The third-order valence-electron chi connectivity index (χ3n) is 3.57. The van der Waals surface area contributed by atoms with Gasteiger partial charge in [0.2, 0.25) is 5.16 Å². The highest BCUT2D eigenvalue weighted by atomic mass is 32.2. The Hall–Kier alpha value is -2.51. The second-order valence-corrected chi connectivity index (χ2v) is 7.30. The van der Waals surface area contributed by atoms with Crippen LogP contribution in [0.15, 0.2) is 64.1 Å². The number of nitrogens with one attached hydrogen (secondary N) is 1. The van der Waals surface area contributed by atoms with Gasteiger partial charge in [-0.25, -0.2) is 9.19 Å². The van der Waals surface area contributed by atoms with E-state index in [1.54, 1.807) is 19.4 Å². The van der Waals surface area contributed by atoms with Crippen LogP contribution in [-0.4, -0.2) is 26.3 Å². The molecule has 0 radical (unpaired) electrons. The summed E-state index contributed by atoms with van der Waals surface area (Å²) in [6.07, 6.45) is 1.68. The van der Waals surface area contributed by atoms with Crippen LogP contribution in [0.2, 0.25) is 0 Å². The van der Waals surface area contributed by atoms with E-state index < -0.39 is 10.8 Å². The summed E-state index contributed by atoms with van der Waals surface area (Å²) in [5.74, 6) is 0.717. The van der Waals surface area contributed by atoms with Crippen molar-refractivity contribution in [1.29, 1.82) is 0 Å². The molecule has 0 spiro atoms. The number of aromatic amines is 1. The van der Waals surface area contributed by atoms with E-state index in [0.29, 0.717) is 15.8 Å². The highest BCUT2D eigenvalue weighted by molar-refractivity contribution is 7.85. The van der Waals surface area contributed by atoms with Gasteiger partial charge in [0.05, 0.1) is 33.6 Å². The van der Waals surface area contributed by atoms with E-state index in [-0.39, 0.29) is 0 Å². The number of aromatic nitrogens is 3. The molecule has 0 aliphatic heterocycles. The number of thiophene rings is 1. The Kier molecular flexibility index (Phi) is 3.87. The summed E-state index contributed by atoms with van der Waals surface area (Å²) < 4.78 is 18.2. The van der Waals surface area contributed by atoms with Crippen LogP contribution in [-0.2, 0) is 10.8 Å². The van der Waals surface area contributed by atoms with Crippen molar-refractivity contribution in [2.75, 3.05) is 7.11 Å². The largest absolute Gasteiger partial charge is 0.497 e. The van der Waals surface area contributed by atoms with Gasteiger partial charge >= 0.3 is 0 Å². The van der Waals surface area contributed by atoms with Gasteiger partial charge in [-0.3, -0.25) is 4.98 Å². The van der Waals surface area contributed by atoms with E-state index in [4.69, 9.17) is 4.74 Å². The molecular formula is C17H13N3O2S2. The summed E-state index contributed by atoms with van der Waals surface area (Å²) >= 11 is 1.50. The average Bonchev–Trinajstić information content (AvgIpc) is 3.28. The first-order valence-corrected chi connectivity index (χ1v) is 9.23. The van der Waals surface area contributed by atoms with E-state index in [9.17, 15) is 4.21 Å². The third kappa shape index (κ3) is 2.61. The second-order valence-electron chi connectivity index (χ2n) is 5.02. The van der Waals surface area contributed by atoms with E-state index >= 15 is 0 Å². The van der Waals surface area contributed by atoms with Crippen LogP contribution in [0.4, 0.5) is 0 Å². The van der Waals surface area contributed by atoms with E-state index in [1.807, 2.05) is 41.8 Å². The van der Waals surface area contributed by atoms with Crippen LogP contribution < -0.4 is 4.74 Å². The minimum Gasteiger partial charge on any atom is -0.497 e. The summed E-state index contributed by atoms with van der Waals surface area (Å²) in [5.41, 5.74) is 2.41. The molecule has 0 amide bonds. The first-order valence-electron chi connectivity index (χ1n) is 7.20. The first-order chi connectivity index (χ1) is 11.8. The van der Waals surface area contributed by atoms with Gasteiger partial charge in [0, 0.05) is 12.3 Å². The topological polar surface area (TPSA) is 67.9 Å². The molecule has 0 saturated carbocycles. The number of rotatable bonds is 4. The number of benzene rings is 1. The molecule has 24 heavy (non-hydrogen) atoms. The smallest absolute Gasteiger partial charge is 0.202 e. The van der Waals surface area contributed by atoms with Crippen LogP contribution in [0.1, 0.15) is 0 Å². The Morgan fingerprint density at radius 1 is 1.21 bits per heavy atom. The fourth-order valence-electron chi connectivity index (χ4n) is 2.41. The van der Waals surface area contributed by atoms with Crippen molar-refractivity contribution in [3.63, 3.8) is 0 Å². The number of nitrogens with zero attached hydrogens (tertiary/aromatic N) is 2. The highest BCUT2D eigenvalue weighted by Gasteiger charge is 2.19. The minimum atomic E-state index is -1.41. The second kappa shape index (κ2) is 6.18. The molecule has 3 heterocycles. The maximum absolute atomic E-state index is 13.0. The number of fused-ring (bicyclic) bond motifs is 1. The molecule has 0 saturated heterocycles. The number of hydrogen-bond donors (Lipinski definition) is 1. The summed E-state index contributed by atoms with van der Waals surface area (Å²) in [5, 5.41) is 2.35. The number of imidazole rings is 1. The Labute approximate surface area is 144 Å². The van der Waals surface area contributed by atoms with Crippen molar-refractivity contribution in [3.8, 4) is 16.3 Å². The Morgan fingerprint density at radius 3 is 2.92 bits per heavy atom. The van der Waals surface area contributed by atoms with Crippen molar-refractivity contribution in [3.05, 3.63) is 54.0 Å². The predicted octanol–water partition coefficient (Wildman–Crippen LogP) is 3.86. The van der Waals surface area contributed by atoms with Gasteiger partial charge in [-0.2, -0.15) is 0 Å². The van der Waals surface area contributed by atoms with Crippen LogP contribution in [0.3, 0.4) is 0 Å². The standard InChI is InChI=1S/C17H13N3O2S2/c1-22-11-6-8-18-14(10-11)16-15(7-9-23-16)24(21)17-19-12-4-2-3-5-13(12)20-17/h2-10H,1H3,(H,19,20). The number of ether oxygens (including phenoxy) is 1. The lowest BCUT2D eigenvalue weighted by molar-refractivity contribution is 0.414. The van der Waals surface area contributed by atoms with Crippen LogP contribution in [0, 0.1) is 0 Å². The fourth-order valence-corrected chi connectivity index (χ4v) is 4.68. The lowest BCUT2D eigenvalue weighted by Gasteiger charge is -2.04.